The van der Waals surface area contributed by atoms with Crippen LogP contribution in [0, 0.1) is 10.1 Å². The van der Waals surface area contributed by atoms with E-state index in [2.05, 4.69) is 4.98 Å². The van der Waals surface area contributed by atoms with Gasteiger partial charge in [-0.25, -0.2) is 0 Å². The second kappa shape index (κ2) is 7.37. The summed E-state index contributed by atoms with van der Waals surface area (Å²) in [5.74, 6) is 0. The number of nitrogens with zero attached hydrogens (tertiary/aromatic N) is 1. The Morgan fingerprint density at radius 1 is 1.25 bits per heavy atom. The van der Waals surface area contributed by atoms with E-state index in [1.807, 2.05) is 0 Å². The zero-order chi connectivity index (χ0) is 16.9. The largest absolute Gasteiger partial charge is 0.362 e. The van der Waals surface area contributed by atoms with Gasteiger partial charge in [0.1, 0.15) is 6.10 Å². The molecule has 1 aliphatic rings. The number of nitrogens with one attached hydrogen (secondary N) is 1. The van der Waals surface area contributed by atoms with E-state index in [-0.39, 0.29) is 17.4 Å². The van der Waals surface area contributed by atoms with Gasteiger partial charge in [-0.2, -0.15) is 0 Å². The molecule has 0 radical (unpaired) electrons. The number of nitro benzene ring substituents is 1. The number of pyridine rings is 1. The predicted molar refractivity (Wildman–Crippen MR) is 86.7 cm³/mol. The quantitative estimate of drug-likeness (QED) is 0.672. The van der Waals surface area contributed by atoms with E-state index >= 15 is 0 Å². The summed E-state index contributed by atoms with van der Waals surface area (Å²) >= 11 is 0. The molecule has 1 saturated heterocycles. The maximum absolute atomic E-state index is 11.7. The molecule has 1 aromatic carbocycles. The van der Waals surface area contributed by atoms with Crippen LogP contribution in [-0.2, 0) is 9.47 Å². The monoisotopic (exact) mass is 330 g/mol. The van der Waals surface area contributed by atoms with Crippen molar-refractivity contribution >= 4 is 5.69 Å². The fourth-order valence-electron chi connectivity index (χ4n) is 2.69. The van der Waals surface area contributed by atoms with E-state index in [9.17, 15) is 14.9 Å². The Hall–Kier alpha value is -2.51. The highest BCUT2D eigenvalue weighted by Crippen LogP contribution is 2.29. The van der Waals surface area contributed by atoms with E-state index in [4.69, 9.17) is 9.47 Å². The molecule has 2 atom stereocenters. The lowest BCUT2D eigenvalue weighted by molar-refractivity contribution is -0.384. The Morgan fingerprint density at radius 3 is 2.67 bits per heavy atom. The minimum absolute atomic E-state index is 0.00738. The van der Waals surface area contributed by atoms with Crippen molar-refractivity contribution in [2.24, 2.45) is 0 Å². The van der Waals surface area contributed by atoms with Gasteiger partial charge in [0.2, 0.25) is 0 Å². The highest BCUT2D eigenvalue weighted by atomic mass is 16.7. The zero-order valence-electron chi connectivity index (χ0n) is 13.0. The van der Waals surface area contributed by atoms with E-state index < -0.39 is 11.0 Å². The van der Waals surface area contributed by atoms with Crippen LogP contribution >= 0.6 is 0 Å². The molecule has 24 heavy (non-hydrogen) atoms. The number of H-pyrrole nitrogens is 1. The molecule has 0 saturated carbocycles. The average molecular weight is 330 g/mol. The van der Waals surface area contributed by atoms with Gasteiger partial charge in [0, 0.05) is 37.1 Å². The first-order valence-electron chi connectivity index (χ1n) is 7.83. The standard InChI is InChI=1S/C17H18N2O5/c20-14-8-9-18-15(11-14)17(24-16-3-1-2-10-23-16)12-4-6-13(7-5-12)19(21)22/h4-9,11,16-17H,1-3,10H2,(H,18,20). The van der Waals surface area contributed by atoms with Crippen LogP contribution in [0.25, 0.3) is 0 Å². The van der Waals surface area contributed by atoms with Gasteiger partial charge in [0.15, 0.2) is 11.7 Å². The molecule has 3 rings (SSSR count). The molecule has 2 heterocycles. The first-order valence-corrected chi connectivity index (χ1v) is 7.83. The van der Waals surface area contributed by atoms with Crippen LogP contribution < -0.4 is 5.43 Å². The molecule has 7 nitrogen and oxygen atoms in total. The second-order valence-corrected chi connectivity index (χ2v) is 5.64. The lowest BCUT2D eigenvalue weighted by atomic mass is 10.0. The number of hydrogen-bond acceptors (Lipinski definition) is 5. The Bertz CT molecular complexity index is 750. The molecule has 2 unspecified atom stereocenters. The van der Waals surface area contributed by atoms with Gasteiger partial charge >= 0.3 is 0 Å². The van der Waals surface area contributed by atoms with Crippen LogP contribution in [0.15, 0.2) is 47.4 Å². The molecule has 2 aromatic rings. The molecule has 0 spiro atoms. The van der Waals surface area contributed by atoms with Crippen LogP contribution in [-0.4, -0.2) is 22.8 Å². The van der Waals surface area contributed by atoms with Crippen LogP contribution in [0.4, 0.5) is 5.69 Å². The topological polar surface area (TPSA) is 94.5 Å². The summed E-state index contributed by atoms with van der Waals surface area (Å²) in [5.41, 5.74) is 1.18. The van der Waals surface area contributed by atoms with E-state index in [0.717, 1.165) is 24.8 Å². The van der Waals surface area contributed by atoms with Crippen molar-refractivity contribution in [1.29, 1.82) is 0 Å². The molecule has 1 fully saturated rings. The van der Waals surface area contributed by atoms with Crippen LogP contribution in [0.3, 0.4) is 0 Å². The summed E-state index contributed by atoms with van der Waals surface area (Å²) in [6, 6.07) is 9.01. The zero-order valence-corrected chi connectivity index (χ0v) is 13.0. The molecular weight excluding hydrogens is 312 g/mol. The molecule has 1 aliphatic heterocycles. The van der Waals surface area contributed by atoms with Gasteiger partial charge in [-0.3, -0.25) is 14.9 Å². The van der Waals surface area contributed by atoms with Crippen molar-refractivity contribution in [3.8, 4) is 0 Å². The number of non-ortho nitro benzene ring substituents is 1. The van der Waals surface area contributed by atoms with Crippen molar-refractivity contribution in [3.63, 3.8) is 0 Å². The van der Waals surface area contributed by atoms with E-state index in [0.29, 0.717) is 12.3 Å². The molecule has 1 aromatic heterocycles. The number of ether oxygens (including phenoxy) is 2. The van der Waals surface area contributed by atoms with E-state index in [1.54, 1.807) is 18.3 Å². The fraction of sp³-hybridized carbons (Fsp3) is 0.353. The van der Waals surface area contributed by atoms with Gasteiger partial charge in [0.05, 0.1) is 10.6 Å². The predicted octanol–water partition coefficient (Wildman–Crippen LogP) is 2.92. The minimum Gasteiger partial charge on any atom is -0.362 e. The van der Waals surface area contributed by atoms with Gasteiger partial charge in [0.25, 0.3) is 5.69 Å². The van der Waals surface area contributed by atoms with Gasteiger partial charge in [-0.15, -0.1) is 0 Å². The molecule has 0 aliphatic carbocycles. The van der Waals surface area contributed by atoms with Gasteiger partial charge in [-0.1, -0.05) is 0 Å². The lowest BCUT2D eigenvalue weighted by Gasteiger charge is -2.28. The maximum atomic E-state index is 11.7. The smallest absolute Gasteiger partial charge is 0.269 e. The molecule has 0 amide bonds. The van der Waals surface area contributed by atoms with Crippen LogP contribution in [0.2, 0.25) is 0 Å². The SMILES string of the molecule is O=c1cc[nH]c(C(OC2CCCCO2)c2ccc([N+](=O)[O-])cc2)c1. The van der Waals surface area contributed by atoms with Crippen molar-refractivity contribution in [2.75, 3.05) is 6.61 Å². The van der Waals surface area contributed by atoms with Gasteiger partial charge in [-0.05, 0) is 37.0 Å². The maximum Gasteiger partial charge on any atom is 0.269 e. The molecule has 1 N–H and O–H groups in total. The van der Waals surface area contributed by atoms with Crippen LogP contribution in [0.5, 0.6) is 0 Å². The van der Waals surface area contributed by atoms with Crippen molar-refractivity contribution < 1.29 is 14.4 Å². The Kier molecular flexibility index (Phi) is 5.02. The van der Waals surface area contributed by atoms with Crippen molar-refractivity contribution in [1.82, 2.24) is 4.98 Å². The number of aromatic nitrogens is 1. The summed E-state index contributed by atoms with van der Waals surface area (Å²) in [7, 11) is 0. The number of benzene rings is 1. The third-order valence-corrected chi connectivity index (χ3v) is 3.91. The summed E-state index contributed by atoms with van der Waals surface area (Å²) in [6.07, 6.45) is 3.44. The number of rotatable bonds is 5. The number of aromatic amines is 1. The first kappa shape index (κ1) is 16.4. The van der Waals surface area contributed by atoms with E-state index in [1.165, 1.54) is 24.3 Å². The molecule has 7 heteroatoms. The summed E-state index contributed by atoms with van der Waals surface area (Å²) in [4.78, 5) is 25.1. The third kappa shape index (κ3) is 3.87. The van der Waals surface area contributed by atoms with Crippen molar-refractivity contribution in [2.45, 2.75) is 31.7 Å². The highest BCUT2D eigenvalue weighted by Gasteiger charge is 2.24. The highest BCUT2D eigenvalue weighted by molar-refractivity contribution is 5.36. The number of nitro groups is 1. The summed E-state index contributed by atoms with van der Waals surface area (Å²) in [5, 5.41) is 10.8. The Balaban J connectivity index is 1.91. The molecule has 0 bridgehead atoms. The molecule has 126 valence electrons. The normalized spacial score (nSPS) is 18.9. The fourth-order valence-corrected chi connectivity index (χ4v) is 2.69. The molecular formula is C17H18N2O5. The average Bonchev–Trinajstić information content (AvgIpc) is 2.61. The van der Waals surface area contributed by atoms with Crippen LogP contribution in [0.1, 0.15) is 36.6 Å². The van der Waals surface area contributed by atoms with Crippen molar-refractivity contribution in [3.05, 3.63) is 74.2 Å². The second-order valence-electron chi connectivity index (χ2n) is 5.64. The summed E-state index contributed by atoms with van der Waals surface area (Å²) in [6.45, 7) is 0.642. The van der Waals surface area contributed by atoms with Gasteiger partial charge < -0.3 is 14.5 Å². The Morgan fingerprint density at radius 2 is 2.04 bits per heavy atom. The third-order valence-electron chi connectivity index (χ3n) is 3.91. The summed E-state index contributed by atoms with van der Waals surface area (Å²) < 4.78 is 11.7. The Labute approximate surface area is 138 Å². The number of hydrogen-bond donors (Lipinski definition) is 1. The minimum atomic E-state index is -0.553. The lowest BCUT2D eigenvalue weighted by Crippen LogP contribution is -2.25. The first-order chi connectivity index (χ1) is 11.6.